The van der Waals surface area contributed by atoms with Crippen LogP contribution in [0.4, 0.5) is 5.69 Å². The maximum Gasteiger partial charge on any atom is 0.244 e. The fraction of sp³-hybridized carbons (Fsp3) is 0.500. The van der Waals surface area contributed by atoms with Gasteiger partial charge in [-0.1, -0.05) is 18.0 Å². The van der Waals surface area contributed by atoms with Crippen molar-refractivity contribution in [3.05, 3.63) is 23.2 Å². The minimum atomic E-state index is -3.51. The van der Waals surface area contributed by atoms with E-state index in [1.54, 1.807) is 13.1 Å². The van der Waals surface area contributed by atoms with Crippen LogP contribution >= 0.6 is 11.6 Å². The van der Waals surface area contributed by atoms with Gasteiger partial charge in [-0.3, -0.25) is 0 Å². The monoisotopic (exact) mass is 288 g/mol. The average Bonchev–Trinajstić information content (AvgIpc) is 2.22. The van der Waals surface area contributed by atoms with Gasteiger partial charge < -0.3 is 5.73 Å². The number of rotatable bonds is 4. The first-order valence-corrected chi connectivity index (χ1v) is 7.74. The molecule has 0 aliphatic heterocycles. The lowest BCUT2D eigenvalue weighted by Gasteiger charge is -2.29. The zero-order chi connectivity index (χ0) is 13.3. The van der Waals surface area contributed by atoms with Crippen LogP contribution in [0.25, 0.3) is 0 Å². The van der Waals surface area contributed by atoms with Gasteiger partial charge in [0, 0.05) is 18.6 Å². The third-order valence-electron chi connectivity index (χ3n) is 3.40. The Labute approximate surface area is 113 Å². The van der Waals surface area contributed by atoms with Crippen molar-refractivity contribution in [1.29, 1.82) is 0 Å². The minimum Gasteiger partial charge on any atom is -0.398 e. The number of nitrogens with zero attached hydrogens (tertiary/aromatic N) is 1. The van der Waals surface area contributed by atoms with Crippen LogP contribution in [0, 0.1) is 5.92 Å². The molecular weight excluding hydrogens is 272 g/mol. The Kier molecular flexibility index (Phi) is 3.84. The van der Waals surface area contributed by atoms with E-state index in [-0.39, 0.29) is 10.6 Å². The molecule has 100 valence electrons. The van der Waals surface area contributed by atoms with Crippen LogP contribution in [-0.2, 0) is 10.0 Å². The molecule has 2 N–H and O–H groups in total. The molecule has 0 bridgehead atoms. The second-order valence-electron chi connectivity index (χ2n) is 4.76. The maximum atomic E-state index is 12.3. The van der Waals surface area contributed by atoms with Gasteiger partial charge in [0.15, 0.2) is 0 Å². The Morgan fingerprint density at radius 3 is 2.61 bits per heavy atom. The molecule has 18 heavy (non-hydrogen) atoms. The predicted molar refractivity (Wildman–Crippen MR) is 73.0 cm³/mol. The van der Waals surface area contributed by atoms with Crippen LogP contribution in [0.3, 0.4) is 0 Å². The van der Waals surface area contributed by atoms with Crippen LogP contribution in [-0.4, -0.2) is 26.3 Å². The Hall–Kier alpha value is -0.780. The minimum absolute atomic E-state index is 0.133. The first-order valence-electron chi connectivity index (χ1n) is 5.92. The van der Waals surface area contributed by atoms with Crippen molar-refractivity contribution in [1.82, 2.24) is 4.31 Å². The largest absolute Gasteiger partial charge is 0.398 e. The molecule has 1 aliphatic carbocycles. The summed E-state index contributed by atoms with van der Waals surface area (Å²) < 4.78 is 26.1. The summed E-state index contributed by atoms with van der Waals surface area (Å²) in [5, 5.41) is 0.438. The van der Waals surface area contributed by atoms with Crippen LogP contribution in [0.5, 0.6) is 0 Å². The van der Waals surface area contributed by atoms with Crippen LogP contribution in [0.2, 0.25) is 5.02 Å². The zero-order valence-electron chi connectivity index (χ0n) is 10.3. The van der Waals surface area contributed by atoms with Crippen molar-refractivity contribution in [3.8, 4) is 0 Å². The molecule has 1 saturated carbocycles. The highest BCUT2D eigenvalue weighted by Crippen LogP contribution is 2.30. The highest BCUT2D eigenvalue weighted by Gasteiger charge is 2.27. The van der Waals surface area contributed by atoms with Crippen molar-refractivity contribution in [3.63, 3.8) is 0 Å². The number of nitrogen functional groups attached to an aromatic ring is 1. The summed E-state index contributed by atoms with van der Waals surface area (Å²) in [5.41, 5.74) is 5.93. The lowest BCUT2D eigenvalue weighted by atomic mass is 9.86. The quantitative estimate of drug-likeness (QED) is 0.865. The SMILES string of the molecule is CN(CC1CCC1)S(=O)(=O)c1ccc(Cl)cc1N. The summed E-state index contributed by atoms with van der Waals surface area (Å²) in [6.45, 7) is 0.560. The summed E-state index contributed by atoms with van der Waals surface area (Å²) >= 11 is 5.77. The number of sulfonamides is 1. The Balaban J connectivity index is 2.23. The molecule has 6 heteroatoms. The van der Waals surface area contributed by atoms with E-state index in [4.69, 9.17) is 17.3 Å². The molecule has 1 aliphatic rings. The Bertz CT molecular complexity index is 541. The van der Waals surface area contributed by atoms with Crippen molar-refractivity contribution < 1.29 is 8.42 Å². The molecule has 1 aromatic rings. The average molecular weight is 289 g/mol. The van der Waals surface area contributed by atoms with Gasteiger partial charge in [0.25, 0.3) is 0 Å². The summed E-state index contributed by atoms with van der Waals surface area (Å²) in [4.78, 5) is 0.133. The summed E-state index contributed by atoms with van der Waals surface area (Å²) in [7, 11) is -1.91. The van der Waals surface area contributed by atoms with Crippen LogP contribution in [0.15, 0.2) is 23.1 Å². The summed E-state index contributed by atoms with van der Waals surface area (Å²) in [5.74, 6) is 0.485. The maximum absolute atomic E-state index is 12.3. The number of benzene rings is 1. The molecule has 0 spiro atoms. The van der Waals surface area contributed by atoms with Gasteiger partial charge in [-0.15, -0.1) is 0 Å². The fourth-order valence-corrected chi connectivity index (χ4v) is 3.58. The van der Waals surface area contributed by atoms with Crippen molar-refractivity contribution in [2.75, 3.05) is 19.3 Å². The highest BCUT2D eigenvalue weighted by molar-refractivity contribution is 7.89. The first-order chi connectivity index (χ1) is 8.41. The van der Waals surface area contributed by atoms with E-state index < -0.39 is 10.0 Å². The van der Waals surface area contributed by atoms with E-state index in [9.17, 15) is 8.42 Å². The van der Waals surface area contributed by atoms with Crippen LogP contribution in [0.1, 0.15) is 19.3 Å². The first kappa shape index (κ1) is 13.6. The lowest BCUT2D eigenvalue weighted by Crippen LogP contribution is -2.34. The van der Waals surface area contributed by atoms with E-state index in [2.05, 4.69) is 0 Å². The molecule has 0 unspecified atom stereocenters. The van der Waals surface area contributed by atoms with Gasteiger partial charge in [-0.05, 0) is 37.0 Å². The fourth-order valence-electron chi connectivity index (χ4n) is 2.06. The Morgan fingerprint density at radius 2 is 2.11 bits per heavy atom. The van der Waals surface area contributed by atoms with E-state index in [1.165, 1.54) is 22.9 Å². The molecule has 2 rings (SSSR count). The van der Waals surface area contributed by atoms with E-state index in [0.717, 1.165) is 12.8 Å². The third kappa shape index (κ3) is 2.63. The van der Waals surface area contributed by atoms with Gasteiger partial charge in [-0.25, -0.2) is 12.7 Å². The van der Waals surface area contributed by atoms with E-state index in [1.807, 2.05) is 0 Å². The van der Waals surface area contributed by atoms with Gasteiger partial charge in [0.1, 0.15) is 4.90 Å². The molecule has 0 atom stereocenters. The van der Waals surface area contributed by atoms with E-state index >= 15 is 0 Å². The number of hydrogen-bond donors (Lipinski definition) is 1. The standard InChI is InChI=1S/C12H17ClN2O2S/c1-15(8-9-3-2-4-9)18(16,17)12-6-5-10(13)7-11(12)14/h5-7,9H,2-4,8,14H2,1H3. The second-order valence-corrected chi connectivity index (χ2v) is 7.21. The van der Waals surface area contributed by atoms with Gasteiger partial charge in [-0.2, -0.15) is 0 Å². The highest BCUT2D eigenvalue weighted by atomic mass is 35.5. The predicted octanol–water partition coefficient (Wildman–Crippen LogP) is 2.34. The molecule has 0 aromatic heterocycles. The second kappa shape index (κ2) is 5.07. The van der Waals surface area contributed by atoms with Gasteiger partial charge in [0.2, 0.25) is 10.0 Å². The molecule has 1 aromatic carbocycles. The topological polar surface area (TPSA) is 63.4 Å². The lowest BCUT2D eigenvalue weighted by molar-refractivity contribution is 0.263. The normalized spacial score (nSPS) is 16.8. The van der Waals surface area contributed by atoms with Gasteiger partial charge in [0.05, 0.1) is 5.69 Å². The third-order valence-corrected chi connectivity index (χ3v) is 5.53. The Morgan fingerprint density at radius 1 is 1.44 bits per heavy atom. The zero-order valence-corrected chi connectivity index (χ0v) is 11.8. The summed E-state index contributed by atoms with van der Waals surface area (Å²) in [6, 6.07) is 4.47. The number of anilines is 1. The van der Waals surface area contributed by atoms with Crippen LogP contribution < -0.4 is 5.73 Å². The molecule has 0 saturated heterocycles. The smallest absolute Gasteiger partial charge is 0.244 e. The molecular formula is C12H17ClN2O2S. The summed E-state index contributed by atoms with van der Waals surface area (Å²) in [6.07, 6.45) is 3.41. The molecule has 4 nitrogen and oxygen atoms in total. The number of halogens is 1. The van der Waals surface area contributed by atoms with Crippen molar-refractivity contribution in [2.45, 2.75) is 24.2 Å². The van der Waals surface area contributed by atoms with Gasteiger partial charge >= 0.3 is 0 Å². The molecule has 1 fully saturated rings. The number of nitrogens with two attached hydrogens (primary N) is 1. The van der Waals surface area contributed by atoms with E-state index in [0.29, 0.717) is 17.5 Å². The molecule has 0 amide bonds. The number of hydrogen-bond acceptors (Lipinski definition) is 3. The van der Waals surface area contributed by atoms with Crippen molar-refractivity contribution >= 4 is 27.3 Å². The molecule has 0 heterocycles. The molecule has 0 radical (unpaired) electrons. The van der Waals surface area contributed by atoms with Crippen molar-refractivity contribution in [2.24, 2.45) is 5.92 Å².